The highest BCUT2D eigenvalue weighted by Crippen LogP contribution is 2.18. The van der Waals surface area contributed by atoms with Crippen LogP contribution in [0.1, 0.15) is 49.3 Å². The van der Waals surface area contributed by atoms with Crippen molar-refractivity contribution in [1.29, 1.82) is 0 Å². The second-order valence-electron chi connectivity index (χ2n) is 5.31. The highest BCUT2D eigenvalue weighted by atomic mass is 16.6. The number of aromatic amines is 1. The van der Waals surface area contributed by atoms with Crippen LogP contribution in [-0.4, -0.2) is 29.1 Å². The van der Waals surface area contributed by atoms with Gasteiger partial charge in [-0.2, -0.15) is 0 Å². The third-order valence-corrected chi connectivity index (χ3v) is 2.44. The van der Waals surface area contributed by atoms with E-state index >= 15 is 0 Å². The van der Waals surface area contributed by atoms with Gasteiger partial charge in [0.15, 0.2) is 0 Å². The zero-order valence-corrected chi connectivity index (χ0v) is 12.1. The molecule has 0 fully saturated rings. The first-order chi connectivity index (χ1) is 8.74. The summed E-state index contributed by atoms with van der Waals surface area (Å²) in [5.74, 6) is -0.810. The van der Waals surface area contributed by atoms with Crippen molar-refractivity contribution in [3.63, 3.8) is 0 Å². The molecule has 1 N–H and O–H groups in total. The molecule has 0 radical (unpaired) electrons. The number of carbonyl (C=O) groups excluding carboxylic acids is 2. The van der Waals surface area contributed by atoms with E-state index in [-0.39, 0.29) is 12.4 Å². The lowest BCUT2D eigenvalue weighted by atomic mass is 10.1. The summed E-state index contributed by atoms with van der Waals surface area (Å²) in [5.41, 5.74) is 1.22. The van der Waals surface area contributed by atoms with Gasteiger partial charge >= 0.3 is 11.9 Å². The topological polar surface area (TPSA) is 68.4 Å². The summed E-state index contributed by atoms with van der Waals surface area (Å²) >= 11 is 0. The molecule has 106 valence electrons. The van der Waals surface area contributed by atoms with Crippen LogP contribution >= 0.6 is 0 Å². The second-order valence-corrected chi connectivity index (χ2v) is 5.31. The number of H-pyrrole nitrogens is 1. The molecule has 1 rings (SSSR count). The molecular formula is C14H21NO4. The number of aryl methyl sites for hydroxylation is 1. The van der Waals surface area contributed by atoms with Crippen LogP contribution in [0.15, 0.2) is 6.20 Å². The summed E-state index contributed by atoms with van der Waals surface area (Å²) in [6.07, 6.45) is 1.76. The molecular weight excluding hydrogens is 246 g/mol. The summed E-state index contributed by atoms with van der Waals surface area (Å²) in [5, 5.41) is 0. The zero-order valence-electron chi connectivity index (χ0n) is 12.1. The third kappa shape index (κ3) is 4.43. The molecule has 1 aromatic rings. The Labute approximate surface area is 113 Å². The van der Waals surface area contributed by atoms with E-state index in [1.807, 2.05) is 6.92 Å². The molecule has 1 aromatic heterocycles. The number of hydrogen-bond donors (Lipinski definition) is 1. The van der Waals surface area contributed by atoms with E-state index in [1.54, 1.807) is 33.9 Å². The molecule has 0 aliphatic heterocycles. The van der Waals surface area contributed by atoms with Gasteiger partial charge in [0.1, 0.15) is 11.3 Å². The molecule has 0 atom stereocenters. The number of aromatic nitrogens is 1. The van der Waals surface area contributed by atoms with Crippen LogP contribution in [0, 0.1) is 6.92 Å². The predicted molar refractivity (Wildman–Crippen MR) is 71.0 cm³/mol. The van der Waals surface area contributed by atoms with E-state index in [0.29, 0.717) is 17.9 Å². The van der Waals surface area contributed by atoms with E-state index in [9.17, 15) is 9.59 Å². The van der Waals surface area contributed by atoms with Crippen LogP contribution in [0.4, 0.5) is 0 Å². The normalized spacial score (nSPS) is 11.2. The van der Waals surface area contributed by atoms with E-state index in [4.69, 9.17) is 9.47 Å². The Morgan fingerprint density at radius 1 is 1.32 bits per heavy atom. The quantitative estimate of drug-likeness (QED) is 0.850. The van der Waals surface area contributed by atoms with E-state index in [1.165, 1.54) is 0 Å². The molecule has 0 spiro atoms. The first-order valence-electron chi connectivity index (χ1n) is 6.30. The average molecular weight is 267 g/mol. The van der Waals surface area contributed by atoms with Crippen molar-refractivity contribution in [2.45, 2.75) is 46.6 Å². The Balaban J connectivity index is 2.91. The summed E-state index contributed by atoms with van der Waals surface area (Å²) in [4.78, 5) is 26.4. The highest BCUT2D eigenvalue weighted by molar-refractivity contribution is 5.91. The lowest BCUT2D eigenvalue weighted by Gasteiger charge is -2.19. The van der Waals surface area contributed by atoms with Crippen LogP contribution in [0.3, 0.4) is 0 Å². The Morgan fingerprint density at radius 2 is 1.95 bits per heavy atom. The van der Waals surface area contributed by atoms with Crippen molar-refractivity contribution >= 4 is 11.9 Å². The molecule has 5 heteroatoms. The summed E-state index contributed by atoms with van der Waals surface area (Å²) in [6.45, 7) is 9.29. The number of nitrogens with one attached hydrogen (secondary N) is 1. The summed E-state index contributed by atoms with van der Waals surface area (Å²) in [6, 6.07) is 0. The van der Waals surface area contributed by atoms with Gasteiger partial charge in [-0.1, -0.05) is 0 Å². The first kappa shape index (κ1) is 15.3. The number of esters is 2. The Morgan fingerprint density at radius 3 is 2.47 bits per heavy atom. The second kappa shape index (κ2) is 5.91. The highest BCUT2D eigenvalue weighted by Gasteiger charge is 2.23. The van der Waals surface area contributed by atoms with Crippen molar-refractivity contribution in [2.75, 3.05) is 6.61 Å². The summed E-state index contributed by atoms with van der Waals surface area (Å²) < 4.78 is 10.2. The minimum absolute atomic E-state index is 0.0672. The molecule has 0 amide bonds. The smallest absolute Gasteiger partial charge is 0.355 e. The monoisotopic (exact) mass is 267 g/mol. The molecule has 19 heavy (non-hydrogen) atoms. The number of ether oxygens (including phenoxy) is 2. The largest absolute Gasteiger partial charge is 0.466 e. The van der Waals surface area contributed by atoms with Gasteiger partial charge in [-0.05, 0) is 45.7 Å². The third-order valence-electron chi connectivity index (χ3n) is 2.44. The van der Waals surface area contributed by atoms with Gasteiger partial charge in [0.2, 0.25) is 0 Å². The molecule has 0 aliphatic rings. The minimum Gasteiger partial charge on any atom is -0.466 e. The number of rotatable bonds is 4. The van der Waals surface area contributed by atoms with Crippen LogP contribution < -0.4 is 0 Å². The maximum absolute atomic E-state index is 12.0. The van der Waals surface area contributed by atoms with Gasteiger partial charge in [-0.25, -0.2) is 4.79 Å². The SMILES string of the molecule is CCOC(=O)Cc1c(C)c[nH]c1C(=O)OC(C)(C)C. The standard InChI is InChI=1S/C14H21NO4/c1-6-18-11(16)7-10-9(2)8-15-12(10)13(17)19-14(3,4)5/h8,15H,6-7H2,1-5H3. The van der Waals surface area contributed by atoms with Gasteiger partial charge in [-0.15, -0.1) is 0 Å². The fourth-order valence-electron chi connectivity index (χ4n) is 1.65. The average Bonchev–Trinajstić information content (AvgIpc) is 2.58. The zero-order chi connectivity index (χ0) is 14.6. The van der Waals surface area contributed by atoms with Crippen molar-refractivity contribution in [1.82, 2.24) is 4.98 Å². The molecule has 0 aliphatic carbocycles. The maximum Gasteiger partial charge on any atom is 0.355 e. The molecule has 0 unspecified atom stereocenters. The number of hydrogen-bond acceptors (Lipinski definition) is 4. The first-order valence-corrected chi connectivity index (χ1v) is 6.30. The van der Waals surface area contributed by atoms with E-state index < -0.39 is 11.6 Å². The van der Waals surface area contributed by atoms with Crippen molar-refractivity contribution in [3.8, 4) is 0 Å². The van der Waals surface area contributed by atoms with E-state index in [0.717, 1.165) is 5.56 Å². The van der Waals surface area contributed by atoms with E-state index in [2.05, 4.69) is 4.98 Å². The molecule has 0 aromatic carbocycles. The molecule has 5 nitrogen and oxygen atoms in total. The Bertz CT molecular complexity index is 468. The van der Waals surface area contributed by atoms with Crippen molar-refractivity contribution in [2.24, 2.45) is 0 Å². The van der Waals surface area contributed by atoms with Crippen molar-refractivity contribution < 1.29 is 19.1 Å². The fraction of sp³-hybridized carbons (Fsp3) is 0.571. The van der Waals surface area contributed by atoms with Gasteiger partial charge in [0.25, 0.3) is 0 Å². The van der Waals surface area contributed by atoms with Gasteiger partial charge in [-0.3, -0.25) is 4.79 Å². The maximum atomic E-state index is 12.0. The Hall–Kier alpha value is -1.78. The van der Waals surface area contributed by atoms with Gasteiger partial charge in [0.05, 0.1) is 13.0 Å². The van der Waals surface area contributed by atoms with Crippen LogP contribution in [0.2, 0.25) is 0 Å². The molecule has 0 bridgehead atoms. The van der Waals surface area contributed by atoms with Crippen molar-refractivity contribution in [3.05, 3.63) is 23.0 Å². The van der Waals surface area contributed by atoms with Gasteiger partial charge in [0, 0.05) is 6.20 Å². The predicted octanol–water partition coefficient (Wildman–Crippen LogP) is 2.38. The lowest BCUT2D eigenvalue weighted by molar-refractivity contribution is -0.142. The molecule has 1 heterocycles. The van der Waals surface area contributed by atoms with Crippen LogP contribution in [0.5, 0.6) is 0 Å². The summed E-state index contributed by atoms with van der Waals surface area (Å²) in [7, 11) is 0. The minimum atomic E-state index is -0.572. The fourth-order valence-corrected chi connectivity index (χ4v) is 1.65. The molecule has 0 saturated carbocycles. The van der Waals surface area contributed by atoms with Crippen LogP contribution in [0.25, 0.3) is 0 Å². The molecule has 0 saturated heterocycles. The lowest BCUT2D eigenvalue weighted by Crippen LogP contribution is -2.25. The van der Waals surface area contributed by atoms with Gasteiger partial charge < -0.3 is 14.5 Å². The van der Waals surface area contributed by atoms with Crippen LogP contribution in [-0.2, 0) is 20.7 Å². The Kier molecular flexibility index (Phi) is 4.75. The number of carbonyl (C=O) groups is 2.